The molecule has 3 aliphatic rings. The Hall–Kier alpha value is -1.33. The van der Waals surface area contributed by atoms with E-state index in [1.54, 1.807) is 0 Å². The van der Waals surface area contributed by atoms with Crippen LogP contribution in [0.4, 0.5) is 0 Å². The minimum absolute atomic E-state index is 0.194. The van der Waals surface area contributed by atoms with Gasteiger partial charge in [-0.2, -0.15) is 0 Å². The third-order valence-electron chi connectivity index (χ3n) is 5.47. The summed E-state index contributed by atoms with van der Waals surface area (Å²) < 4.78 is 7.98. The topological polar surface area (TPSA) is 37.7 Å². The number of nitrogens with zero attached hydrogens (tertiary/aromatic N) is 3. The molecule has 3 heterocycles. The molecule has 1 amide bonds. The minimum atomic E-state index is 0.194. The lowest BCUT2D eigenvalue weighted by Crippen LogP contribution is -2.62. The van der Waals surface area contributed by atoms with E-state index in [0.717, 1.165) is 38.5 Å². The van der Waals surface area contributed by atoms with Gasteiger partial charge in [0.2, 0.25) is 0 Å². The molecule has 3 fully saturated rings. The molecule has 1 aromatic rings. The number of morpholine rings is 1. The van der Waals surface area contributed by atoms with Crippen LogP contribution in [0.5, 0.6) is 0 Å². The fourth-order valence-corrected chi connectivity index (χ4v) is 4.11. The Labute approximate surface area is 138 Å². The molecule has 1 aliphatic carbocycles. The Morgan fingerprint density at radius 3 is 2.91 bits per heavy atom. The first kappa shape index (κ1) is 15.2. The molecule has 0 radical (unpaired) electrons. The lowest BCUT2D eigenvalue weighted by molar-refractivity contribution is -0.0777. The quantitative estimate of drug-likeness (QED) is 0.854. The number of fused-ring (bicyclic) bond motifs is 1. The highest BCUT2D eigenvalue weighted by atomic mass is 16.5. The highest BCUT2D eigenvalue weighted by Crippen LogP contribution is 2.36. The summed E-state index contributed by atoms with van der Waals surface area (Å²) in [5, 5.41) is 0. The number of carbonyl (C=O) groups excluding carboxylic acids is 1. The van der Waals surface area contributed by atoms with E-state index >= 15 is 0 Å². The third-order valence-corrected chi connectivity index (χ3v) is 5.47. The highest BCUT2D eigenvalue weighted by Gasteiger charge is 2.37. The zero-order chi connectivity index (χ0) is 15.8. The van der Waals surface area contributed by atoms with Crippen molar-refractivity contribution in [2.75, 3.05) is 32.8 Å². The molecule has 0 unspecified atom stereocenters. The molecular weight excluding hydrogens is 290 g/mol. The Balaban J connectivity index is 1.45. The Bertz CT molecular complexity index is 564. The van der Waals surface area contributed by atoms with Crippen molar-refractivity contribution in [1.82, 2.24) is 14.4 Å². The molecule has 0 aromatic carbocycles. The van der Waals surface area contributed by atoms with Gasteiger partial charge in [0, 0.05) is 37.9 Å². The number of ether oxygens (including phenoxy) is 1. The second-order valence-electron chi connectivity index (χ2n) is 7.15. The molecule has 0 bridgehead atoms. The molecule has 0 spiro atoms. The molecule has 126 valence electrons. The van der Waals surface area contributed by atoms with Crippen molar-refractivity contribution < 1.29 is 9.53 Å². The predicted octanol–water partition coefficient (Wildman–Crippen LogP) is 2.15. The van der Waals surface area contributed by atoms with Gasteiger partial charge >= 0.3 is 0 Å². The van der Waals surface area contributed by atoms with Gasteiger partial charge in [-0.3, -0.25) is 9.69 Å². The van der Waals surface area contributed by atoms with Crippen LogP contribution in [-0.2, 0) is 4.74 Å². The van der Waals surface area contributed by atoms with Gasteiger partial charge < -0.3 is 14.2 Å². The molecule has 2 aliphatic heterocycles. The molecule has 23 heavy (non-hydrogen) atoms. The van der Waals surface area contributed by atoms with Crippen LogP contribution in [0.15, 0.2) is 18.3 Å². The minimum Gasteiger partial charge on any atom is -0.378 e. The van der Waals surface area contributed by atoms with Gasteiger partial charge in [-0.1, -0.05) is 13.3 Å². The van der Waals surface area contributed by atoms with Crippen LogP contribution in [0.2, 0.25) is 0 Å². The van der Waals surface area contributed by atoms with Gasteiger partial charge in [0.1, 0.15) is 5.69 Å². The maximum absolute atomic E-state index is 12.9. The number of hydrogen-bond acceptors (Lipinski definition) is 3. The van der Waals surface area contributed by atoms with Gasteiger partial charge in [0.15, 0.2) is 0 Å². The number of hydrogen-bond donors (Lipinski definition) is 0. The van der Waals surface area contributed by atoms with E-state index in [1.165, 1.54) is 25.7 Å². The van der Waals surface area contributed by atoms with E-state index in [2.05, 4.69) is 22.6 Å². The van der Waals surface area contributed by atoms with Crippen molar-refractivity contribution in [2.45, 2.75) is 50.7 Å². The molecule has 4 rings (SSSR count). The van der Waals surface area contributed by atoms with Crippen LogP contribution in [-0.4, -0.2) is 65.2 Å². The van der Waals surface area contributed by atoms with Gasteiger partial charge in [-0.25, -0.2) is 0 Å². The van der Waals surface area contributed by atoms with Crippen molar-refractivity contribution in [3.8, 4) is 0 Å². The number of aromatic nitrogens is 1. The Kier molecular flexibility index (Phi) is 4.16. The zero-order valence-electron chi connectivity index (χ0n) is 14.0. The normalized spacial score (nSPS) is 28.7. The molecule has 2 saturated heterocycles. The van der Waals surface area contributed by atoms with E-state index in [-0.39, 0.29) is 5.91 Å². The standard InChI is InChI=1S/C18H27N3O2/c1-2-4-15-12-23-13-16-11-19(9-10-20(15)16)18(22)17-5-3-8-21(17)14-6-7-14/h3,5,8,14-16H,2,4,6-7,9-13H2,1H3/t15-,16+/m0/s1. The summed E-state index contributed by atoms with van der Waals surface area (Å²) in [7, 11) is 0. The molecule has 5 nitrogen and oxygen atoms in total. The highest BCUT2D eigenvalue weighted by molar-refractivity contribution is 5.93. The maximum Gasteiger partial charge on any atom is 0.270 e. The fraction of sp³-hybridized carbons (Fsp3) is 0.722. The summed E-state index contributed by atoms with van der Waals surface area (Å²) in [6.07, 6.45) is 6.85. The van der Waals surface area contributed by atoms with Crippen LogP contribution in [0.3, 0.4) is 0 Å². The van der Waals surface area contributed by atoms with Gasteiger partial charge in [0.25, 0.3) is 5.91 Å². The summed E-state index contributed by atoms with van der Waals surface area (Å²) in [5.41, 5.74) is 0.864. The van der Waals surface area contributed by atoms with Crippen molar-refractivity contribution in [2.24, 2.45) is 0 Å². The predicted molar refractivity (Wildman–Crippen MR) is 88.6 cm³/mol. The van der Waals surface area contributed by atoms with Crippen molar-refractivity contribution in [3.63, 3.8) is 0 Å². The molecule has 1 aromatic heterocycles. The van der Waals surface area contributed by atoms with Crippen LogP contribution in [0.25, 0.3) is 0 Å². The van der Waals surface area contributed by atoms with Crippen LogP contribution >= 0.6 is 0 Å². The Morgan fingerprint density at radius 1 is 1.26 bits per heavy atom. The summed E-state index contributed by atoms with van der Waals surface area (Å²) in [4.78, 5) is 17.6. The Morgan fingerprint density at radius 2 is 2.13 bits per heavy atom. The summed E-state index contributed by atoms with van der Waals surface area (Å²) in [6.45, 7) is 6.46. The first-order valence-corrected chi connectivity index (χ1v) is 9.07. The first-order chi connectivity index (χ1) is 11.3. The summed E-state index contributed by atoms with van der Waals surface area (Å²) in [5.74, 6) is 0.194. The average molecular weight is 317 g/mol. The zero-order valence-corrected chi connectivity index (χ0v) is 14.0. The lowest BCUT2D eigenvalue weighted by Gasteiger charge is -2.48. The van der Waals surface area contributed by atoms with Gasteiger partial charge in [-0.15, -0.1) is 0 Å². The monoisotopic (exact) mass is 317 g/mol. The van der Waals surface area contributed by atoms with Crippen molar-refractivity contribution in [3.05, 3.63) is 24.0 Å². The van der Waals surface area contributed by atoms with E-state index in [0.29, 0.717) is 18.1 Å². The number of piperazine rings is 1. The molecule has 1 saturated carbocycles. The molecule has 2 atom stereocenters. The molecular formula is C18H27N3O2. The van der Waals surface area contributed by atoms with Crippen LogP contribution in [0, 0.1) is 0 Å². The summed E-state index contributed by atoms with van der Waals surface area (Å²) >= 11 is 0. The summed E-state index contributed by atoms with van der Waals surface area (Å²) in [6, 6.07) is 5.43. The smallest absolute Gasteiger partial charge is 0.270 e. The van der Waals surface area contributed by atoms with E-state index in [9.17, 15) is 4.79 Å². The van der Waals surface area contributed by atoms with Gasteiger partial charge in [0.05, 0.1) is 19.3 Å². The van der Waals surface area contributed by atoms with Crippen molar-refractivity contribution >= 4 is 5.91 Å². The van der Waals surface area contributed by atoms with Gasteiger partial charge in [-0.05, 0) is 31.4 Å². The SMILES string of the molecule is CCC[C@H]1COC[C@H]2CN(C(=O)c3cccn3C3CC3)CCN12. The largest absolute Gasteiger partial charge is 0.378 e. The lowest BCUT2D eigenvalue weighted by atomic mass is 10.0. The van der Waals surface area contributed by atoms with E-state index < -0.39 is 0 Å². The first-order valence-electron chi connectivity index (χ1n) is 9.07. The van der Waals surface area contributed by atoms with E-state index in [1.807, 2.05) is 17.0 Å². The number of amides is 1. The average Bonchev–Trinajstić information content (AvgIpc) is 3.31. The van der Waals surface area contributed by atoms with Crippen LogP contribution in [0.1, 0.15) is 49.1 Å². The number of rotatable bonds is 4. The van der Waals surface area contributed by atoms with Crippen molar-refractivity contribution in [1.29, 1.82) is 0 Å². The number of carbonyl (C=O) groups is 1. The van der Waals surface area contributed by atoms with Crippen LogP contribution < -0.4 is 0 Å². The molecule has 0 N–H and O–H groups in total. The third kappa shape index (κ3) is 2.92. The fourth-order valence-electron chi connectivity index (χ4n) is 4.11. The second kappa shape index (κ2) is 6.29. The second-order valence-corrected chi connectivity index (χ2v) is 7.15. The van der Waals surface area contributed by atoms with E-state index in [4.69, 9.17) is 4.74 Å². The molecule has 5 heteroatoms. The maximum atomic E-state index is 12.9.